The molecule has 0 aromatic carbocycles. The molecule has 0 bridgehead atoms. The number of aliphatic carboxylic acids is 1. The van der Waals surface area contributed by atoms with Crippen molar-refractivity contribution >= 4 is 17.7 Å². The number of carboxylic acid groups (broad SMARTS) is 1. The van der Waals surface area contributed by atoms with E-state index in [-0.39, 0.29) is 38.1 Å². The SMILES string of the molecule is O=C(NC1CC1)N1CCC(F)(F)C2(CCN(c3cccnc3)C2)C1.O=C(O)C(F)(F)F. The Bertz CT molecular complexity index is 803. The number of carbonyl (C=O) groups excluding carboxylic acids is 1. The van der Waals surface area contributed by atoms with E-state index in [1.807, 2.05) is 17.0 Å². The molecule has 2 N–H and O–H groups in total. The fourth-order valence-electron chi connectivity index (χ4n) is 3.83. The summed E-state index contributed by atoms with van der Waals surface area (Å²) in [5, 5.41) is 10.0. The monoisotopic (exact) mass is 450 g/mol. The number of urea groups is 1. The lowest BCUT2D eigenvalue weighted by atomic mass is 9.75. The van der Waals surface area contributed by atoms with Gasteiger partial charge in [-0.25, -0.2) is 18.4 Å². The summed E-state index contributed by atoms with van der Waals surface area (Å²) < 4.78 is 61.3. The minimum atomic E-state index is -5.08. The Morgan fingerprint density at radius 3 is 2.39 bits per heavy atom. The smallest absolute Gasteiger partial charge is 0.475 e. The van der Waals surface area contributed by atoms with Gasteiger partial charge in [0.05, 0.1) is 17.3 Å². The van der Waals surface area contributed by atoms with Gasteiger partial charge in [0.25, 0.3) is 5.92 Å². The molecule has 1 spiro atoms. The normalized spacial score (nSPS) is 25.1. The van der Waals surface area contributed by atoms with Crippen LogP contribution in [0.2, 0.25) is 0 Å². The lowest BCUT2D eigenvalue weighted by Gasteiger charge is -2.45. The number of nitrogens with one attached hydrogen (secondary N) is 1. The van der Waals surface area contributed by atoms with Gasteiger partial charge in [0, 0.05) is 44.8 Å². The molecule has 3 heterocycles. The molecule has 7 nitrogen and oxygen atoms in total. The highest BCUT2D eigenvalue weighted by Gasteiger charge is 2.60. The number of piperidine rings is 1. The Morgan fingerprint density at radius 2 is 1.84 bits per heavy atom. The highest BCUT2D eigenvalue weighted by Crippen LogP contribution is 2.50. The lowest BCUT2D eigenvalue weighted by Crippen LogP contribution is -2.59. The van der Waals surface area contributed by atoms with Crippen molar-refractivity contribution in [2.45, 2.75) is 43.8 Å². The van der Waals surface area contributed by atoms with Crippen LogP contribution in [0, 0.1) is 5.41 Å². The second-order valence-corrected chi connectivity index (χ2v) is 8.07. The molecule has 2 aliphatic heterocycles. The largest absolute Gasteiger partial charge is 0.490 e. The van der Waals surface area contributed by atoms with Crippen LogP contribution in [-0.4, -0.2) is 71.3 Å². The van der Waals surface area contributed by atoms with E-state index in [1.54, 1.807) is 17.3 Å². The minimum absolute atomic E-state index is 0.120. The second-order valence-electron chi connectivity index (χ2n) is 8.07. The van der Waals surface area contributed by atoms with Crippen LogP contribution in [0.5, 0.6) is 0 Å². The number of carboxylic acids is 1. The van der Waals surface area contributed by atoms with E-state index in [2.05, 4.69) is 10.3 Å². The van der Waals surface area contributed by atoms with Crippen LogP contribution in [-0.2, 0) is 4.79 Å². The van der Waals surface area contributed by atoms with E-state index in [0.29, 0.717) is 13.0 Å². The van der Waals surface area contributed by atoms with E-state index in [1.165, 1.54) is 0 Å². The third kappa shape index (κ3) is 5.34. The van der Waals surface area contributed by atoms with Gasteiger partial charge in [0.1, 0.15) is 0 Å². The van der Waals surface area contributed by atoms with E-state index < -0.39 is 23.5 Å². The molecule has 2 saturated heterocycles. The summed E-state index contributed by atoms with van der Waals surface area (Å²) in [6.07, 6.45) is 0.422. The summed E-state index contributed by atoms with van der Waals surface area (Å²) in [5.41, 5.74) is -0.299. The van der Waals surface area contributed by atoms with Crippen LogP contribution in [0.1, 0.15) is 25.7 Å². The zero-order valence-corrected chi connectivity index (χ0v) is 16.5. The molecule has 12 heteroatoms. The Balaban J connectivity index is 0.000000339. The molecule has 2 amide bonds. The van der Waals surface area contributed by atoms with Gasteiger partial charge in [-0.3, -0.25) is 4.98 Å². The average Bonchev–Trinajstić information content (AvgIpc) is 3.40. The molecular weight excluding hydrogens is 427 g/mol. The summed E-state index contributed by atoms with van der Waals surface area (Å²) in [5.74, 6) is -5.51. The van der Waals surface area contributed by atoms with Crippen LogP contribution in [0.25, 0.3) is 0 Å². The number of amides is 2. The molecule has 1 aliphatic carbocycles. The molecule has 4 rings (SSSR count). The number of nitrogens with zero attached hydrogens (tertiary/aromatic N) is 3. The summed E-state index contributed by atoms with van der Waals surface area (Å²) in [7, 11) is 0. The van der Waals surface area contributed by atoms with Gasteiger partial charge in [-0.1, -0.05) is 0 Å². The topological polar surface area (TPSA) is 85.8 Å². The number of alkyl halides is 5. The van der Waals surface area contributed by atoms with Crippen molar-refractivity contribution in [1.29, 1.82) is 0 Å². The van der Waals surface area contributed by atoms with Crippen LogP contribution >= 0.6 is 0 Å². The Kier molecular flexibility index (Phi) is 6.28. The summed E-state index contributed by atoms with van der Waals surface area (Å²) in [6.45, 7) is 1.08. The third-order valence-corrected chi connectivity index (χ3v) is 5.76. The van der Waals surface area contributed by atoms with Crippen molar-refractivity contribution < 1.29 is 36.6 Å². The molecule has 172 valence electrons. The number of aromatic nitrogens is 1. The Labute approximate surface area is 175 Å². The summed E-state index contributed by atoms with van der Waals surface area (Å²) in [4.78, 5) is 28.8. The number of rotatable bonds is 2. The van der Waals surface area contributed by atoms with Gasteiger partial charge in [-0.2, -0.15) is 13.2 Å². The first kappa shape index (κ1) is 23.0. The summed E-state index contributed by atoms with van der Waals surface area (Å²) in [6, 6.07) is 3.76. The summed E-state index contributed by atoms with van der Waals surface area (Å²) >= 11 is 0. The molecule has 1 unspecified atom stereocenters. The van der Waals surface area contributed by atoms with Gasteiger partial charge in [-0.05, 0) is 31.4 Å². The number of halogens is 5. The number of pyridine rings is 1. The maximum atomic E-state index is 14.8. The number of hydrogen-bond acceptors (Lipinski definition) is 4. The van der Waals surface area contributed by atoms with Gasteiger partial charge in [0.2, 0.25) is 0 Å². The van der Waals surface area contributed by atoms with Gasteiger partial charge < -0.3 is 20.2 Å². The van der Waals surface area contributed by atoms with Crippen LogP contribution in [0.15, 0.2) is 24.5 Å². The van der Waals surface area contributed by atoms with Crippen molar-refractivity contribution in [3.8, 4) is 0 Å². The van der Waals surface area contributed by atoms with Crippen molar-refractivity contribution in [2.24, 2.45) is 5.41 Å². The minimum Gasteiger partial charge on any atom is -0.475 e. The van der Waals surface area contributed by atoms with Crippen molar-refractivity contribution in [2.75, 3.05) is 31.1 Å². The van der Waals surface area contributed by atoms with Crippen molar-refractivity contribution in [3.63, 3.8) is 0 Å². The molecule has 1 aromatic heterocycles. The van der Waals surface area contributed by atoms with Crippen LogP contribution in [0.3, 0.4) is 0 Å². The lowest BCUT2D eigenvalue weighted by molar-refractivity contribution is -0.192. The standard InChI is InChI=1S/C17H22F2N4O.C2HF3O2/c18-17(19)6-9-23(15(24)21-13-3-4-13)12-16(17)5-8-22(11-16)14-2-1-7-20-10-14;3-2(4,5)1(6)7/h1-2,7,10,13H,3-6,8-9,11-12H2,(H,21,24);(H,6,7). The Hall–Kier alpha value is -2.66. The number of carbonyl (C=O) groups is 2. The van der Waals surface area contributed by atoms with Gasteiger partial charge in [0.15, 0.2) is 0 Å². The first-order valence-corrected chi connectivity index (χ1v) is 9.82. The Morgan fingerprint density at radius 1 is 1.16 bits per heavy atom. The molecule has 1 aromatic rings. The molecule has 1 atom stereocenters. The first-order valence-electron chi connectivity index (χ1n) is 9.82. The molecule has 0 radical (unpaired) electrons. The fraction of sp³-hybridized carbons (Fsp3) is 0.632. The maximum absolute atomic E-state index is 14.8. The highest BCUT2D eigenvalue weighted by atomic mass is 19.4. The van der Waals surface area contributed by atoms with E-state index in [4.69, 9.17) is 9.90 Å². The van der Waals surface area contributed by atoms with Gasteiger partial charge in [-0.15, -0.1) is 0 Å². The predicted molar refractivity (Wildman–Crippen MR) is 99.9 cm³/mol. The quantitative estimate of drug-likeness (QED) is 0.677. The zero-order chi connectivity index (χ0) is 22.9. The molecule has 3 aliphatic rings. The fourth-order valence-corrected chi connectivity index (χ4v) is 3.83. The predicted octanol–water partition coefficient (Wildman–Crippen LogP) is 3.12. The highest BCUT2D eigenvalue weighted by molar-refractivity contribution is 5.75. The zero-order valence-electron chi connectivity index (χ0n) is 16.5. The molecule has 31 heavy (non-hydrogen) atoms. The molecular formula is C19H23F5N4O3. The van der Waals surface area contributed by atoms with Crippen LogP contribution in [0.4, 0.5) is 32.4 Å². The average molecular weight is 450 g/mol. The van der Waals surface area contributed by atoms with E-state index >= 15 is 0 Å². The van der Waals surface area contributed by atoms with Crippen LogP contribution < -0.4 is 10.2 Å². The number of hydrogen-bond donors (Lipinski definition) is 2. The van der Waals surface area contributed by atoms with Gasteiger partial charge >= 0.3 is 18.2 Å². The molecule has 3 fully saturated rings. The number of anilines is 1. The van der Waals surface area contributed by atoms with Crippen molar-refractivity contribution in [3.05, 3.63) is 24.5 Å². The molecule has 1 saturated carbocycles. The first-order chi connectivity index (χ1) is 14.4. The second kappa shape index (κ2) is 8.46. The number of likely N-dealkylation sites (tertiary alicyclic amines) is 1. The van der Waals surface area contributed by atoms with E-state index in [0.717, 1.165) is 18.5 Å². The maximum Gasteiger partial charge on any atom is 0.490 e. The van der Waals surface area contributed by atoms with Crippen molar-refractivity contribution in [1.82, 2.24) is 15.2 Å². The third-order valence-electron chi connectivity index (χ3n) is 5.76. The van der Waals surface area contributed by atoms with E-state index in [9.17, 15) is 26.7 Å².